The van der Waals surface area contributed by atoms with Crippen molar-refractivity contribution in [1.82, 2.24) is 10.6 Å². The lowest BCUT2D eigenvalue weighted by Gasteiger charge is -2.28. The standard InChI is InChI=1S/C17H24N2O3/c1-12(13-7-9-18-10-8-13)11-15(20)19-16(17(21)22)14-5-3-2-4-6-14/h2-6,12-13,16,18H,7-11H2,1H3,(H,19,20)(H,21,22)/t12?,16-/m1/s1. The summed E-state index contributed by atoms with van der Waals surface area (Å²) in [6.45, 7) is 4.07. The van der Waals surface area contributed by atoms with E-state index in [1.807, 2.05) is 6.07 Å². The summed E-state index contributed by atoms with van der Waals surface area (Å²) in [5.41, 5.74) is 0.595. The van der Waals surface area contributed by atoms with Crippen molar-refractivity contribution in [3.05, 3.63) is 35.9 Å². The zero-order valence-electron chi connectivity index (χ0n) is 12.9. The van der Waals surface area contributed by atoms with E-state index in [-0.39, 0.29) is 11.8 Å². The summed E-state index contributed by atoms with van der Waals surface area (Å²) in [5, 5.41) is 15.3. The second-order valence-corrected chi connectivity index (χ2v) is 6.02. The second-order valence-electron chi connectivity index (χ2n) is 6.02. The monoisotopic (exact) mass is 304 g/mol. The van der Waals surface area contributed by atoms with Crippen molar-refractivity contribution in [3.8, 4) is 0 Å². The van der Waals surface area contributed by atoms with Crippen LogP contribution >= 0.6 is 0 Å². The van der Waals surface area contributed by atoms with Crippen LogP contribution in [0.25, 0.3) is 0 Å². The van der Waals surface area contributed by atoms with Crippen LogP contribution < -0.4 is 10.6 Å². The van der Waals surface area contributed by atoms with Gasteiger partial charge < -0.3 is 15.7 Å². The molecule has 0 spiro atoms. The summed E-state index contributed by atoms with van der Waals surface area (Å²) >= 11 is 0. The zero-order chi connectivity index (χ0) is 15.9. The lowest BCUT2D eigenvalue weighted by molar-refractivity contribution is -0.142. The molecule has 22 heavy (non-hydrogen) atoms. The third kappa shape index (κ3) is 4.56. The number of carboxylic acids is 1. The number of hydrogen-bond acceptors (Lipinski definition) is 3. The smallest absolute Gasteiger partial charge is 0.330 e. The molecule has 1 aliphatic rings. The number of nitrogens with one attached hydrogen (secondary N) is 2. The SMILES string of the molecule is CC(CC(=O)N[C@@H](C(=O)O)c1ccccc1)C1CCNCC1. The molecule has 0 radical (unpaired) electrons. The van der Waals surface area contributed by atoms with Gasteiger partial charge in [0.25, 0.3) is 0 Å². The molecule has 5 nitrogen and oxygen atoms in total. The molecule has 1 heterocycles. The first-order valence-electron chi connectivity index (χ1n) is 7.85. The summed E-state index contributed by atoms with van der Waals surface area (Å²) in [7, 11) is 0. The van der Waals surface area contributed by atoms with Gasteiger partial charge in [0.05, 0.1) is 0 Å². The molecule has 1 aliphatic heterocycles. The minimum Gasteiger partial charge on any atom is -0.479 e. The molecule has 0 bridgehead atoms. The van der Waals surface area contributed by atoms with Crippen molar-refractivity contribution in [2.75, 3.05) is 13.1 Å². The van der Waals surface area contributed by atoms with E-state index in [0.717, 1.165) is 25.9 Å². The molecule has 1 amide bonds. The normalized spacial score (nSPS) is 18.4. The van der Waals surface area contributed by atoms with Gasteiger partial charge >= 0.3 is 5.97 Å². The Labute approximate surface area is 131 Å². The summed E-state index contributed by atoms with van der Waals surface area (Å²) < 4.78 is 0. The first-order valence-corrected chi connectivity index (χ1v) is 7.85. The van der Waals surface area contributed by atoms with Gasteiger partial charge in [-0.15, -0.1) is 0 Å². The van der Waals surface area contributed by atoms with Gasteiger partial charge in [0.2, 0.25) is 5.91 Å². The number of carbonyl (C=O) groups is 2. The topological polar surface area (TPSA) is 78.4 Å². The Morgan fingerprint density at radius 3 is 2.50 bits per heavy atom. The van der Waals surface area contributed by atoms with E-state index < -0.39 is 12.0 Å². The van der Waals surface area contributed by atoms with Gasteiger partial charge in [0, 0.05) is 6.42 Å². The van der Waals surface area contributed by atoms with Gasteiger partial charge in [-0.3, -0.25) is 4.79 Å². The largest absolute Gasteiger partial charge is 0.479 e. The van der Waals surface area contributed by atoms with Crippen molar-refractivity contribution >= 4 is 11.9 Å². The highest BCUT2D eigenvalue weighted by atomic mass is 16.4. The van der Waals surface area contributed by atoms with E-state index in [9.17, 15) is 14.7 Å². The number of carbonyl (C=O) groups excluding carboxylic acids is 1. The fourth-order valence-corrected chi connectivity index (χ4v) is 3.03. The second kappa shape index (κ2) is 7.94. The fraction of sp³-hybridized carbons (Fsp3) is 0.529. The van der Waals surface area contributed by atoms with E-state index in [4.69, 9.17) is 0 Å². The molecular weight excluding hydrogens is 280 g/mol. The fourth-order valence-electron chi connectivity index (χ4n) is 3.03. The summed E-state index contributed by atoms with van der Waals surface area (Å²) in [6, 6.07) is 7.83. The molecule has 1 unspecified atom stereocenters. The Hall–Kier alpha value is -1.88. The minimum absolute atomic E-state index is 0.192. The summed E-state index contributed by atoms with van der Waals surface area (Å²) in [6.07, 6.45) is 2.53. The molecule has 1 saturated heterocycles. The Bertz CT molecular complexity index is 498. The molecule has 5 heteroatoms. The van der Waals surface area contributed by atoms with Gasteiger partial charge in [0.1, 0.15) is 0 Å². The maximum absolute atomic E-state index is 12.2. The third-order valence-corrected chi connectivity index (χ3v) is 4.38. The average molecular weight is 304 g/mol. The molecule has 1 aromatic rings. The number of piperidine rings is 1. The van der Waals surface area contributed by atoms with Crippen molar-refractivity contribution in [3.63, 3.8) is 0 Å². The van der Waals surface area contributed by atoms with E-state index in [1.165, 1.54) is 0 Å². The van der Waals surface area contributed by atoms with Gasteiger partial charge in [-0.2, -0.15) is 0 Å². The maximum Gasteiger partial charge on any atom is 0.330 e. The van der Waals surface area contributed by atoms with Crippen molar-refractivity contribution < 1.29 is 14.7 Å². The van der Waals surface area contributed by atoms with Crippen LogP contribution in [-0.4, -0.2) is 30.1 Å². The number of benzene rings is 1. The Balaban J connectivity index is 1.92. The molecule has 1 fully saturated rings. The number of amides is 1. The molecule has 0 aliphatic carbocycles. The van der Waals surface area contributed by atoms with Crippen LogP contribution in [0.5, 0.6) is 0 Å². The molecule has 0 aromatic heterocycles. The van der Waals surface area contributed by atoms with Crippen molar-refractivity contribution in [2.24, 2.45) is 11.8 Å². The highest BCUT2D eigenvalue weighted by Gasteiger charge is 2.25. The van der Waals surface area contributed by atoms with Crippen LogP contribution in [0.1, 0.15) is 37.8 Å². The van der Waals surface area contributed by atoms with Crippen LogP contribution in [0, 0.1) is 11.8 Å². The lowest BCUT2D eigenvalue weighted by atomic mass is 9.84. The molecule has 2 atom stereocenters. The van der Waals surface area contributed by atoms with E-state index in [2.05, 4.69) is 17.6 Å². The zero-order valence-corrected chi connectivity index (χ0v) is 12.9. The number of carboxylic acid groups (broad SMARTS) is 1. The summed E-state index contributed by atoms with van der Waals surface area (Å²) in [4.78, 5) is 23.6. The number of aliphatic carboxylic acids is 1. The van der Waals surface area contributed by atoms with Crippen LogP contribution in [0.4, 0.5) is 0 Å². The first-order chi connectivity index (χ1) is 10.6. The van der Waals surface area contributed by atoms with E-state index >= 15 is 0 Å². The summed E-state index contributed by atoms with van der Waals surface area (Å²) in [5.74, 6) is -0.421. The maximum atomic E-state index is 12.2. The van der Waals surface area contributed by atoms with E-state index in [0.29, 0.717) is 17.9 Å². The van der Waals surface area contributed by atoms with Gasteiger partial charge in [-0.1, -0.05) is 37.3 Å². The van der Waals surface area contributed by atoms with Crippen LogP contribution in [0.3, 0.4) is 0 Å². The Morgan fingerprint density at radius 2 is 1.91 bits per heavy atom. The Morgan fingerprint density at radius 1 is 1.27 bits per heavy atom. The molecular formula is C17H24N2O3. The molecule has 120 valence electrons. The van der Waals surface area contributed by atoms with Crippen LogP contribution in [0.2, 0.25) is 0 Å². The molecule has 2 rings (SSSR count). The number of hydrogen-bond donors (Lipinski definition) is 3. The van der Waals surface area contributed by atoms with Gasteiger partial charge in [-0.05, 0) is 43.3 Å². The number of rotatable bonds is 6. The Kier molecular flexibility index (Phi) is 5.95. The van der Waals surface area contributed by atoms with Gasteiger partial charge in [-0.25, -0.2) is 4.79 Å². The highest BCUT2D eigenvalue weighted by molar-refractivity contribution is 5.84. The van der Waals surface area contributed by atoms with Crippen molar-refractivity contribution in [2.45, 2.75) is 32.2 Å². The van der Waals surface area contributed by atoms with Crippen LogP contribution in [-0.2, 0) is 9.59 Å². The highest BCUT2D eigenvalue weighted by Crippen LogP contribution is 2.24. The van der Waals surface area contributed by atoms with Crippen molar-refractivity contribution in [1.29, 1.82) is 0 Å². The van der Waals surface area contributed by atoms with E-state index in [1.54, 1.807) is 24.3 Å². The molecule has 1 aromatic carbocycles. The molecule has 3 N–H and O–H groups in total. The first kappa shape index (κ1) is 16.5. The minimum atomic E-state index is -1.03. The predicted octanol–water partition coefficient (Wildman–Crippen LogP) is 1.95. The van der Waals surface area contributed by atoms with Gasteiger partial charge in [0.15, 0.2) is 6.04 Å². The van der Waals surface area contributed by atoms with Crippen LogP contribution in [0.15, 0.2) is 30.3 Å². The average Bonchev–Trinajstić information content (AvgIpc) is 2.54. The predicted molar refractivity (Wildman–Crippen MR) is 84.3 cm³/mol. The quantitative estimate of drug-likeness (QED) is 0.750. The molecule has 0 saturated carbocycles. The lowest BCUT2D eigenvalue weighted by Crippen LogP contribution is -2.36. The third-order valence-electron chi connectivity index (χ3n) is 4.38.